The van der Waals surface area contributed by atoms with Crippen LogP contribution < -0.4 is 5.32 Å². The number of hydrogen-bond acceptors (Lipinski definition) is 1. The lowest BCUT2D eigenvalue weighted by Crippen LogP contribution is -2.44. The van der Waals surface area contributed by atoms with Crippen LogP contribution in [0.15, 0.2) is 0 Å². The zero-order valence-corrected chi connectivity index (χ0v) is 7.47. The zero-order chi connectivity index (χ0) is 7.68. The lowest BCUT2D eigenvalue weighted by molar-refractivity contribution is 0.173. The topological polar surface area (TPSA) is 12.0 Å². The first-order chi connectivity index (χ1) is 5.36. The highest BCUT2D eigenvalue weighted by atomic mass is 14.9. The van der Waals surface area contributed by atoms with Crippen LogP contribution in [0.2, 0.25) is 0 Å². The van der Waals surface area contributed by atoms with Gasteiger partial charge in [-0.1, -0.05) is 6.92 Å². The molecular weight excluding hydrogens is 134 g/mol. The van der Waals surface area contributed by atoms with Gasteiger partial charge in [-0.15, -0.1) is 0 Å². The van der Waals surface area contributed by atoms with Crippen molar-refractivity contribution in [1.29, 1.82) is 0 Å². The summed E-state index contributed by atoms with van der Waals surface area (Å²) in [5.74, 6) is 2.02. The van der Waals surface area contributed by atoms with Crippen LogP contribution in [0.1, 0.15) is 39.0 Å². The Balaban J connectivity index is 1.93. The predicted octanol–water partition coefficient (Wildman–Crippen LogP) is 2.17. The monoisotopic (exact) mass is 153 g/mol. The highest BCUT2D eigenvalue weighted by Crippen LogP contribution is 2.33. The van der Waals surface area contributed by atoms with E-state index in [2.05, 4.69) is 12.2 Å². The lowest BCUT2D eigenvalue weighted by atomic mass is 9.75. The molecule has 2 fully saturated rings. The Morgan fingerprint density at radius 2 is 2.09 bits per heavy atom. The summed E-state index contributed by atoms with van der Waals surface area (Å²) >= 11 is 0. The largest absolute Gasteiger partial charge is 0.314 e. The Morgan fingerprint density at radius 3 is 3.00 bits per heavy atom. The van der Waals surface area contributed by atoms with E-state index in [4.69, 9.17) is 0 Å². The standard InChI is InChI=1S/C10H19N/c1-8-4-5-10-9(7-8)3-2-6-11-10/h8-11H,2-7H2,1H3/t8-,9+,10+/m0/s1. The first-order valence-electron chi connectivity index (χ1n) is 5.09. The predicted molar refractivity (Wildman–Crippen MR) is 47.5 cm³/mol. The van der Waals surface area contributed by atoms with Crippen LogP contribution in [0.25, 0.3) is 0 Å². The van der Waals surface area contributed by atoms with Crippen molar-refractivity contribution in [3.63, 3.8) is 0 Å². The van der Waals surface area contributed by atoms with E-state index in [1.165, 1.54) is 38.6 Å². The van der Waals surface area contributed by atoms with Crippen molar-refractivity contribution in [1.82, 2.24) is 5.32 Å². The molecular formula is C10H19N. The van der Waals surface area contributed by atoms with Gasteiger partial charge in [0.05, 0.1) is 0 Å². The Bertz CT molecular complexity index is 133. The molecule has 0 aromatic heterocycles. The smallest absolute Gasteiger partial charge is 0.00955 e. The lowest BCUT2D eigenvalue weighted by Gasteiger charge is -2.38. The summed E-state index contributed by atoms with van der Waals surface area (Å²) in [4.78, 5) is 0. The second kappa shape index (κ2) is 3.14. The minimum Gasteiger partial charge on any atom is -0.314 e. The zero-order valence-electron chi connectivity index (χ0n) is 7.47. The normalized spacial score (nSPS) is 45.0. The van der Waals surface area contributed by atoms with Gasteiger partial charge in [0.1, 0.15) is 0 Å². The molecule has 1 heterocycles. The molecule has 1 aliphatic carbocycles. The molecule has 1 aliphatic heterocycles. The summed E-state index contributed by atoms with van der Waals surface area (Å²) in [5.41, 5.74) is 0. The van der Waals surface area contributed by atoms with Crippen LogP contribution in [0.4, 0.5) is 0 Å². The van der Waals surface area contributed by atoms with Crippen molar-refractivity contribution >= 4 is 0 Å². The fourth-order valence-electron chi connectivity index (χ4n) is 2.74. The molecule has 1 nitrogen and oxygen atoms in total. The van der Waals surface area contributed by atoms with Crippen molar-refractivity contribution < 1.29 is 0 Å². The minimum absolute atomic E-state index is 0.889. The molecule has 0 spiro atoms. The van der Waals surface area contributed by atoms with E-state index in [0.29, 0.717) is 0 Å². The van der Waals surface area contributed by atoms with E-state index in [9.17, 15) is 0 Å². The number of hydrogen-bond donors (Lipinski definition) is 1. The van der Waals surface area contributed by atoms with E-state index in [-0.39, 0.29) is 0 Å². The van der Waals surface area contributed by atoms with Gasteiger partial charge in [0.2, 0.25) is 0 Å². The van der Waals surface area contributed by atoms with Gasteiger partial charge in [0.15, 0.2) is 0 Å². The molecule has 1 saturated heterocycles. The summed E-state index contributed by atoms with van der Waals surface area (Å²) in [6, 6.07) is 0.889. The quantitative estimate of drug-likeness (QED) is 0.562. The molecule has 2 rings (SSSR count). The molecule has 1 heteroatoms. The highest BCUT2D eigenvalue weighted by Gasteiger charge is 2.29. The average Bonchev–Trinajstić information content (AvgIpc) is 2.04. The van der Waals surface area contributed by atoms with Gasteiger partial charge in [-0.3, -0.25) is 0 Å². The molecule has 0 amide bonds. The molecule has 1 N–H and O–H groups in total. The maximum Gasteiger partial charge on any atom is 0.00955 e. The van der Waals surface area contributed by atoms with Crippen LogP contribution in [0.5, 0.6) is 0 Å². The van der Waals surface area contributed by atoms with Gasteiger partial charge >= 0.3 is 0 Å². The summed E-state index contributed by atoms with van der Waals surface area (Å²) in [7, 11) is 0. The first-order valence-corrected chi connectivity index (χ1v) is 5.09. The van der Waals surface area contributed by atoms with Crippen molar-refractivity contribution in [2.75, 3.05) is 6.54 Å². The summed E-state index contributed by atoms with van der Waals surface area (Å²) in [6.07, 6.45) is 7.27. The van der Waals surface area contributed by atoms with Crippen LogP contribution in [-0.4, -0.2) is 12.6 Å². The minimum atomic E-state index is 0.889. The molecule has 0 aromatic carbocycles. The number of fused-ring (bicyclic) bond motifs is 1. The molecule has 0 radical (unpaired) electrons. The molecule has 0 aromatic rings. The van der Waals surface area contributed by atoms with E-state index >= 15 is 0 Å². The van der Waals surface area contributed by atoms with Crippen LogP contribution in [0.3, 0.4) is 0 Å². The third-order valence-corrected chi connectivity index (χ3v) is 3.40. The van der Waals surface area contributed by atoms with E-state index in [0.717, 1.165) is 17.9 Å². The fourth-order valence-corrected chi connectivity index (χ4v) is 2.74. The summed E-state index contributed by atoms with van der Waals surface area (Å²) in [6.45, 7) is 3.68. The number of rotatable bonds is 0. The second-order valence-electron chi connectivity index (χ2n) is 4.38. The molecule has 1 saturated carbocycles. The van der Waals surface area contributed by atoms with Crippen LogP contribution in [0, 0.1) is 11.8 Å². The van der Waals surface area contributed by atoms with Gasteiger partial charge < -0.3 is 5.32 Å². The Hall–Kier alpha value is -0.0400. The van der Waals surface area contributed by atoms with Gasteiger partial charge in [-0.05, 0) is 50.5 Å². The van der Waals surface area contributed by atoms with Crippen molar-refractivity contribution in [3.8, 4) is 0 Å². The third-order valence-electron chi connectivity index (χ3n) is 3.40. The van der Waals surface area contributed by atoms with Gasteiger partial charge in [-0.2, -0.15) is 0 Å². The molecule has 3 atom stereocenters. The van der Waals surface area contributed by atoms with Gasteiger partial charge in [0, 0.05) is 6.04 Å². The van der Waals surface area contributed by atoms with E-state index < -0.39 is 0 Å². The first kappa shape index (κ1) is 7.60. The molecule has 11 heavy (non-hydrogen) atoms. The molecule has 2 aliphatic rings. The van der Waals surface area contributed by atoms with E-state index in [1.807, 2.05) is 0 Å². The van der Waals surface area contributed by atoms with Crippen LogP contribution in [-0.2, 0) is 0 Å². The Morgan fingerprint density at radius 1 is 1.18 bits per heavy atom. The SMILES string of the molecule is C[C@H]1CC[C@H]2NCCC[C@@H]2C1. The maximum absolute atomic E-state index is 3.64. The molecule has 64 valence electrons. The van der Waals surface area contributed by atoms with Gasteiger partial charge in [0.25, 0.3) is 0 Å². The van der Waals surface area contributed by atoms with Crippen molar-refractivity contribution in [3.05, 3.63) is 0 Å². The Labute approximate surface area is 69.6 Å². The molecule has 0 unspecified atom stereocenters. The summed E-state index contributed by atoms with van der Waals surface area (Å²) < 4.78 is 0. The summed E-state index contributed by atoms with van der Waals surface area (Å²) in [5, 5.41) is 3.64. The number of nitrogens with one attached hydrogen (secondary N) is 1. The van der Waals surface area contributed by atoms with Gasteiger partial charge in [-0.25, -0.2) is 0 Å². The van der Waals surface area contributed by atoms with Crippen LogP contribution >= 0.6 is 0 Å². The van der Waals surface area contributed by atoms with E-state index in [1.54, 1.807) is 0 Å². The average molecular weight is 153 g/mol. The fraction of sp³-hybridized carbons (Fsp3) is 1.00. The molecule has 0 bridgehead atoms. The highest BCUT2D eigenvalue weighted by molar-refractivity contribution is 4.86. The Kier molecular flexibility index (Phi) is 2.17. The maximum atomic E-state index is 3.64. The second-order valence-corrected chi connectivity index (χ2v) is 4.38. The number of piperidine rings is 1. The van der Waals surface area contributed by atoms with Crippen molar-refractivity contribution in [2.24, 2.45) is 11.8 Å². The third kappa shape index (κ3) is 1.58. The van der Waals surface area contributed by atoms with Crippen molar-refractivity contribution in [2.45, 2.75) is 45.1 Å².